The zero-order chi connectivity index (χ0) is 18.7. The van der Waals surface area contributed by atoms with Crippen LogP contribution < -0.4 is 11.1 Å². The van der Waals surface area contributed by atoms with Crippen molar-refractivity contribution in [2.45, 2.75) is 25.5 Å². The molecule has 0 amide bonds. The number of guanidine groups is 1. The van der Waals surface area contributed by atoms with Crippen molar-refractivity contribution in [3.8, 4) is 0 Å². The highest BCUT2D eigenvalue weighted by atomic mass is 35.5. The van der Waals surface area contributed by atoms with E-state index in [9.17, 15) is 0 Å². The maximum Gasteiger partial charge on any atom is 0.189 e. The van der Waals surface area contributed by atoms with Gasteiger partial charge in [0, 0.05) is 47.9 Å². The Labute approximate surface area is 163 Å². The molecule has 3 rings (SSSR count). The van der Waals surface area contributed by atoms with Crippen molar-refractivity contribution in [1.82, 2.24) is 15.1 Å². The number of ether oxygens (including phenoxy) is 1. The third kappa shape index (κ3) is 4.50. The van der Waals surface area contributed by atoms with E-state index in [0.29, 0.717) is 22.5 Å². The van der Waals surface area contributed by atoms with Crippen LogP contribution in [0.2, 0.25) is 10.0 Å². The molecule has 0 saturated carbocycles. The van der Waals surface area contributed by atoms with Gasteiger partial charge in [-0.15, -0.1) is 0 Å². The van der Waals surface area contributed by atoms with Crippen molar-refractivity contribution in [1.29, 1.82) is 0 Å². The molecule has 140 valence electrons. The Bertz CT molecular complexity index is 792. The zero-order valence-electron chi connectivity index (χ0n) is 14.8. The van der Waals surface area contributed by atoms with Gasteiger partial charge in [-0.25, -0.2) is 0 Å². The molecule has 3 atom stereocenters. The number of hydrogen-bond acceptors (Lipinski definition) is 3. The fourth-order valence-electron chi connectivity index (χ4n) is 3.19. The van der Waals surface area contributed by atoms with E-state index in [1.165, 1.54) is 0 Å². The van der Waals surface area contributed by atoms with Gasteiger partial charge in [0.2, 0.25) is 0 Å². The second kappa shape index (κ2) is 8.29. The monoisotopic (exact) mass is 395 g/mol. The van der Waals surface area contributed by atoms with Gasteiger partial charge in [-0.1, -0.05) is 29.3 Å². The number of benzene rings is 1. The minimum absolute atomic E-state index is 0.0170. The highest BCUT2D eigenvalue weighted by Crippen LogP contribution is 2.34. The molecule has 0 spiro atoms. The molecule has 2 aromatic rings. The van der Waals surface area contributed by atoms with Gasteiger partial charge in [-0.2, -0.15) is 5.10 Å². The molecule has 1 saturated heterocycles. The van der Waals surface area contributed by atoms with E-state index < -0.39 is 0 Å². The van der Waals surface area contributed by atoms with Crippen LogP contribution in [0.3, 0.4) is 0 Å². The van der Waals surface area contributed by atoms with Gasteiger partial charge in [0.15, 0.2) is 5.96 Å². The predicted octanol–water partition coefficient (Wildman–Crippen LogP) is 3.47. The van der Waals surface area contributed by atoms with E-state index in [0.717, 1.165) is 24.2 Å². The molecular weight excluding hydrogens is 373 g/mol. The van der Waals surface area contributed by atoms with Gasteiger partial charge in [-0.05, 0) is 31.0 Å². The Balaban J connectivity index is 1.60. The average Bonchev–Trinajstić information content (AvgIpc) is 3.21. The molecule has 26 heavy (non-hydrogen) atoms. The SMILES string of the molecule is CC(NC(N)=NC[C@@H]1CCO[C@H]1c1cnn(C)c1)c1ccc(Cl)cc1Cl. The first-order chi connectivity index (χ1) is 12.4. The largest absolute Gasteiger partial charge is 0.373 e. The van der Waals surface area contributed by atoms with Gasteiger partial charge in [-0.3, -0.25) is 9.67 Å². The number of aryl methyl sites for hydroxylation is 1. The van der Waals surface area contributed by atoms with Crippen LogP contribution in [0.4, 0.5) is 0 Å². The number of nitrogens with two attached hydrogens (primary N) is 1. The third-order valence-electron chi connectivity index (χ3n) is 4.56. The molecule has 0 bridgehead atoms. The Morgan fingerprint density at radius 1 is 1.50 bits per heavy atom. The molecule has 1 unspecified atom stereocenters. The average molecular weight is 396 g/mol. The molecule has 1 fully saturated rings. The Kier molecular flexibility index (Phi) is 6.06. The third-order valence-corrected chi connectivity index (χ3v) is 5.12. The maximum absolute atomic E-state index is 6.25. The van der Waals surface area contributed by atoms with Crippen LogP contribution >= 0.6 is 23.2 Å². The van der Waals surface area contributed by atoms with Gasteiger partial charge >= 0.3 is 0 Å². The van der Waals surface area contributed by atoms with Crippen molar-refractivity contribution >= 4 is 29.2 Å². The molecule has 1 aliphatic heterocycles. The topological polar surface area (TPSA) is 77.5 Å². The zero-order valence-corrected chi connectivity index (χ0v) is 16.3. The van der Waals surface area contributed by atoms with Gasteiger partial charge in [0.05, 0.1) is 18.3 Å². The molecule has 2 heterocycles. The van der Waals surface area contributed by atoms with Gasteiger partial charge < -0.3 is 15.8 Å². The Morgan fingerprint density at radius 2 is 2.31 bits per heavy atom. The highest BCUT2D eigenvalue weighted by Gasteiger charge is 2.30. The van der Waals surface area contributed by atoms with Crippen LogP contribution in [0.15, 0.2) is 35.6 Å². The molecule has 0 radical (unpaired) electrons. The van der Waals surface area contributed by atoms with Crippen LogP contribution in [0, 0.1) is 5.92 Å². The summed E-state index contributed by atoms with van der Waals surface area (Å²) >= 11 is 12.2. The van der Waals surface area contributed by atoms with Crippen molar-refractivity contribution in [3.05, 3.63) is 51.8 Å². The Morgan fingerprint density at radius 3 is 3.00 bits per heavy atom. The summed E-state index contributed by atoms with van der Waals surface area (Å²) in [6.07, 6.45) is 4.80. The quantitative estimate of drug-likeness (QED) is 0.599. The lowest BCUT2D eigenvalue weighted by Gasteiger charge is -2.18. The number of nitrogens with one attached hydrogen (secondary N) is 1. The summed E-state index contributed by atoms with van der Waals surface area (Å²) in [7, 11) is 1.90. The molecule has 1 aromatic carbocycles. The summed E-state index contributed by atoms with van der Waals surface area (Å²) in [6, 6.07) is 5.34. The van der Waals surface area contributed by atoms with E-state index in [4.69, 9.17) is 33.7 Å². The van der Waals surface area contributed by atoms with E-state index in [-0.39, 0.29) is 18.1 Å². The first-order valence-corrected chi connectivity index (χ1v) is 9.31. The lowest BCUT2D eigenvalue weighted by Crippen LogP contribution is -2.34. The summed E-state index contributed by atoms with van der Waals surface area (Å²) < 4.78 is 7.64. The van der Waals surface area contributed by atoms with Gasteiger partial charge in [0.1, 0.15) is 0 Å². The lowest BCUT2D eigenvalue weighted by molar-refractivity contribution is 0.0925. The van der Waals surface area contributed by atoms with E-state index >= 15 is 0 Å². The predicted molar refractivity (Wildman–Crippen MR) is 105 cm³/mol. The summed E-state index contributed by atoms with van der Waals surface area (Å²) in [5.74, 6) is 0.675. The van der Waals surface area contributed by atoms with Crippen molar-refractivity contribution in [2.75, 3.05) is 13.2 Å². The number of aromatic nitrogens is 2. The fraction of sp³-hybridized carbons (Fsp3) is 0.444. The van der Waals surface area contributed by atoms with Crippen LogP contribution in [0.1, 0.15) is 36.6 Å². The molecule has 0 aliphatic carbocycles. The number of rotatable bonds is 5. The standard InChI is InChI=1S/C18H23Cl2N5O/c1-11(15-4-3-14(19)7-16(15)20)24-18(21)22-8-12-5-6-26-17(12)13-9-23-25(2)10-13/h3-4,7,9-12,17H,5-6,8H2,1-2H3,(H3,21,22,24)/t11?,12-,17+/m0/s1. The fourth-order valence-corrected chi connectivity index (χ4v) is 3.76. The molecule has 3 N–H and O–H groups in total. The number of halogens is 2. The van der Waals surface area contributed by atoms with Crippen molar-refractivity contribution in [3.63, 3.8) is 0 Å². The molecular formula is C18H23Cl2N5O. The van der Waals surface area contributed by atoms with E-state index in [1.54, 1.807) is 10.7 Å². The van der Waals surface area contributed by atoms with Crippen LogP contribution in [0.25, 0.3) is 0 Å². The van der Waals surface area contributed by atoms with E-state index in [1.807, 2.05) is 38.5 Å². The highest BCUT2D eigenvalue weighted by molar-refractivity contribution is 6.35. The second-order valence-corrected chi connectivity index (χ2v) is 7.39. The van der Waals surface area contributed by atoms with Crippen molar-refractivity contribution in [2.24, 2.45) is 23.7 Å². The minimum Gasteiger partial charge on any atom is -0.373 e. The van der Waals surface area contributed by atoms with Crippen LogP contribution in [-0.2, 0) is 11.8 Å². The maximum atomic E-state index is 6.25. The Hall–Kier alpha value is -1.76. The summed E-state index contributed by atoms with van der Waals surface area (Å²) in [5.41, 5.74) is 8.08. The molecule has 1 aliphatic rings. The first kappa shape index (κ1) is 19.0. The number of aliphatic imine (C=N–C) groups is 1. The molecule has 8 heteroatoms. The molecule has 6 nitrogen and oxygen atoms in total. The number of hydrogen-bond donors (Lipinski definition) is 2. The normalized spacial score (nSPS) is 21.8. The van der Waals surface area contributed by atoms with Crippen molar-refractivity contribution < 1.29 is 4.74 Å². The smallest absolute Gasteiger partial charge is 0.189 e. The summed E-state index contributed by atoms with van der Waals surface area (Å²) in [5, 5.41) is 8.61. The van der Waals surface area contributed by atoms with Crippen LogP contribution in [-0.4, -0.2) is 28.9 Å². The lowest BCUT2D eigenvalue weighted by atomic mass is 9.98. The number of nitrogens with zero attached hydrogens (tertiary/aromatic N) is 3. The summed E-state index contributed by atoms with van der Waals surface area (Å²) in [6.45, 7) is 3.30. The second-order valence-electron chi connectivity index (χ2n) is 6.55. The van der Waals surface area contributed by atoms with Gasteiger partial charge in [0.25, 0.3) is 0 Å². The minimum atomic E-state index is -0.0718. The molecule has 1 aromatic heterocycles. The van der Waals surface area contributed by atoms with Crippen LogP contribution in [0.5, 0.6) is 0 Å². The van der Waals surface area contributed by atoms with E-state index in [2.05, 4.69) is 15.4 Å². The summed E-state index contributed by atoms with van der Waals surface area (Å²) in [4.78, 5) is 4.51. The first-order valence-electron chi connectivity index (χ1n) is 8.55.